The van der Waals surface area contributed by atoms with Crippen LogP contribution in [0.3, 0.4) is 0 Å². The van der Waals surface area contributed by atoms with Crippen LogP contribution in [0.1, 0.15) is 10.4 Å². The van der Waals surface area contributed by atoms with Crippen LogP contribution in [0.25, 0.3) is 11.3 Å². The summed E-state index contributed by atoms with van der Waals surface area (Å²) in [6, 6.07) is 6.75. The fourth-order valence-electron chi connectivity index (χ4n) is 1.44. The molecule has 1 N–H and O–H groups in total. The molecular weight excluding hydrogens is 245 g/mol. The van der Waals surface area contributed by atoms with Gasteiger partial charge in [0.1, 0.15) is 5.82 Å². The van der Waals surface area contributed by atoms with Crippen molar-refractivity contribution in [3.05, 3.63) is 52.9 Å². The first-order valence-electron chi connectivity index (χ1n) is 4.72. The third-order valence-corrected chi connectivity index (χ3v) is 2.41. The Morgan fingerprint density at radius 1 is 1.29 bits per heavy atom. The van der Waals surface area contributed by atoms with E-state index in [9.17, 15) is 9.18 Å². The number of carboxylic acid groups (broad SMARTS) is 1. The molecule has 0 spiro atoms. The van der Waals surface area contributed by atoms with Gasteiger partial charge < -0.3 is 5.11 Å². The first-order chi connectivity index (χ1) is 8.08. The molecule has 17 heavy (non-hydrogen) atoms. The molecule has 0 saturated carbocycles. The van der Waals surface area contributed by atoms with E-state index in [1.54, 1.807) is 0 Å². The van der Waals surface area contributed by atoms with Gasteiger partial charge in [0.2, 0.25) is 0 Å². The summed E-state index contributed by atoms with van der Waals surface area (Å²) >= 11 is 5.69. The summed E-state index contributed by atoms with van der Waals surface area (Å²) in [7, 11) is 0. The minimum atomic E-state index is -1.13. The summed E-state index contributed by atoms with van der Waals surface area (Å²) in [4.78, 5) is 15.0. The minimum Gasteiger partial charge on any atom is -0.478 e. The molecule has 0 unspecified atom stereocenters. The summed E-state index contributed by atoms with van der Waals surface area (Å²) in [6.07, 6.45) is 1.35. The van der Waals surface area contributed by atoms with Crippen molar-refractivity contribution in [1.29, 1.82) is 0 Å². The largest absolute Gasteiger partial charge is 0.478 e. The summed E-state index contributed by atoms with van der Waals surface area (Å²) in [5, 5.41) is 9.28. The second-order valence-corrected chi connectivity index (χ2v) is 3.80. The van der Waals surface area contributed by atoms with Crippen LogP contribution < -0.4 is 0 Å². The Morgan fingerprint density at radius 3 is 2.53 bits per heavy atom. The smallest absolute Gasteiger partial charge is 0.337 e. The zero-order valence-corrected chi connectivity index (χ0v) is 9.28. The monoisotopic (exact) mass is 251 g/mol. The highest BCUT2D eigenvalue weighted by atomic mass is 35.5. The molecule has 0 bridgehead atoms. The Kier molecular flexibility index (Phi) is 3.06. The molecule has 0 aliphatic heterocycles. The van der Waals surface area contributed by atoms with Crippen LogP contribution in [-0.2, 0) is 0 Å². The lowest BCUT2D eigenvalue weighted by atomic mass is 10.1. The number of hydrogen-bond donors (Lipinski definition) is 1. The van der Waals surface area contributed by atoms with Crippen molar-refractivity contribution in [2.75, 3.05) is 0 Å². The van der Waals surface area contributed by atoms with Gasteiger partial charge in [0.05, 0.1) is 16.3 Å². The molecule has 1 aromatic carbocycles. The molecule has 86 valence electrons. The summed E-state index contributed by atoms with van der Waals surface area (Å²) in [6.45, 7) is 0. The molecular formula is C12H7ClFNO2. The Bertz CT molecular complexity index is 569. The van der Waals surface area contributed by atoms with Crippen molar-refractivity contribution >= 4 is 17.6 Å². The molecule has 0 amide bonds. The second kappa shape index (κ2) is 4.51. The first-order valence-corrected chi connectivity index (χ1v) is 5.10. The van der Waals surface area contributed by atoms with E-state index in [2.05, 4.69) is 4.98 Å². The standard InChI is InChI=1S/C12H7ClFNO2/c13-8-5-10(12(16)17)11(15-6-8)7-1-3-9(14)4-2-7/h1-6H,(H,16,17). The molecule has 3 nitrogen and oxygen atoms in total. The summed E-state index contributed by atoms with van der Waals surface area (Å²) in [5.41, 5.74) is 0.784. The molecule has 0 aliphatic rings. The molecule has 2 aromatic rings. The van der Waals surface area contributed by atoms with Gasteiger partial charge in [-0.3, -0.25) is 4.98 Å². The lowest BCUT2D eigenvalue weighted by molar-refractivity contribution is 0.0697. The van der Waals surface area contributed by atoms with Gasteiger partial charge in [0, 0.05) is 11.8 Å². The van der Waals surface area contributed by atoms with Crippen molar-refractivity contribution in [3.63, 3.8) is 0 Å². The highest BCUT2D eigenvalue weighted by Crippen LogP contribution is 2.24. The Balaban J connectivity index is 2.58. The Morgan fingerprint density at radius 2 is 1.94 bits per heavy atom. The number of carboxylic acids is 1. The molecule has 1 aromatic heterocycles. The topological polar surface area (TPSA) is 50.2 Å². The predicted octanol–water partition coefficient (Wildman–Crippen LogP) is 3.24. The van der Waals surface area contributed by atoms with Crippen molar-refractivity contribution in [2.24, 2.45) is 0 Å². The van der Waals surface area contributed by atoms with E-state index in [1.165, 1.54) is 36.5 Å². The minimum absolute atomic E-state index is 0.0101. The van der Waals surface area contributed by atoms with Crippen molar-refractivity contribution < 1.29 is 14.3 Å². The summed E-state index contributed by atoms with van der Waals surface area (Å²) in [5.74, 6) is -1.51. The van der Waals surface area contributed by atoms with Crippen LogP contribution in [0.4, 0.5) is 4.39 Å². The van der Waals surface area contributed by atoms with Crippen LogP contribution in [0.2, 0.25) is 5.02 Å². The lowest BCUT2D eigenvalue weighted by Gasteiger charge is -2.05. The average molecular weight is 252 g/mol. The van der Waals surface area contributed by atoms with Gasteiger partial charge in [-0.1, -0.05) is 11.6 Å². The van der Waals surface area contributed by atoms with Crippen LogP contribution in [0.5, 0.6) is 0 Å². The van der Waals surface area contributed by atoms with Gasteiger partial charge in [-0.15, -0.1) is 0 Å². The Hall–Kier alpha value is -1.94. The number of benzene rings is 1. The van der Waals surface area contributed by atoms with Gasteiger partial charge in [-0.2, -0.15) is 0 Å². The second-order valence-electron chi connectivity index (χ2n) is 3.36. The maximum atomic E-state index is 12.8. The molecule has 0 atom stereocenters. The van der Waals surface area contributed by atoms with Gasteiger partial charge in [0.25, 0.3) is 0 Å². The fourth-order valence-corrected chi connectivity index (χ4v) is 1.60. The molecule has 0 aliphatic carbocycles. The van der Waals surface area contributed by atoms with Crippen LogP contribution in [0.15, 0.2) is 36.5 Å². The third-order valence-electron chi connectivity index (χ3n) is 2.20. The highest BCUT2D eigenvalue weighted by Gasteiger charge is 2.13. The normalized spacial score (nSPS) is 10.2. The van der Waals surface area contributed by atoms with E-state index >= 15 is 0 Å². The zero-order valence-electron chi connectivity index (χ0n) is 8.52. The molecule has 0 saturated heterocycles. The zero-order chi connectivity index (χ0) is 12.4. The number of nitrogens with zero attached hydrogens (tertiary/aromatic N) is 1. The Labute approximate surface area is 101 Å². The van der Waals surface area contributed by atoms with Crippen molar-refractivity contribution in [2.45, 2.75) is 0 Å². The average Bonchev–Trinajstić information content (AvgIpc) is 2.30. The number of hydrogen-bond acceptors (Lipinski definition) is 2. The number of aromatic carboxylic acids is 1. The number of aromatic nitrogens is 1. The van der Waals surface area contributed by atoms with Gasteiger partial charge in [-0.05, 0) is 30.3 Å². The lowest BCUT2D eigenvalue weighted by Crippen LogP contribution is -2.01. The molecule has 0 fully saturated rings. The quantitative estimate of drug-likeness (QED) is 0.891. The van der Waals surface area contributed by atoms with Gasteiger partial charge in [0.15, 0.2) is 0 Å². The predicted molar refractivity (Wildman–Crippen MR) is 61.6 cm³/mol. The number of pyridine rings is 1. The van der Waals surface area contributed by atoms with Crippen molar-refractivity contribution in [3.8, 4) is 11.3 Å². The third kappa shape index (κ3) is 2.42. The van der Waals surface area contributed by atoms with E-state index in [1.807, 2.05) is 0 Å². The van der Waals surface area contributed by atoms with E-state index < -0.39 is 5.97 Å². The van der Waals surface area contributed by atoms with Gasteiger partial charge in [-0.25, -0.2) is 9.18 Å². The number of rotatable bonds is 2. The van der Waals surface area contributed by atoms with Crippen LogP contribution in [-0.4, -0.2) is 16.1 Å². The molecule has 0 radical (unpaired) electrons. The van der Waals surface area contributed by atoms with Crippen molar-refractivity contribution in [1.82, 2.24) is 4.98 Å². The highest BCUT2D eigenvalue weighted by molar-refractivity contribution is 6.30. The van der Waals surface area contributed by atoms with Gasteiger partial charge >= 0.3 is 5.97 Å². The van der Waals surface area contributed by atoms with E-state index in [-0.39, 0.29) is 22.1 Å². The maximum absolute atomic E-state index is 12.8. The molecule has 5 heteroatoms. The summed E-state index contributed by atoms with van der Waals surface area (Å²) < 4.78 is 12.8. The number of carbonyl (C=O) groups is 1. The maximum Gasteiger partial charge on any atom is 0.337 e. The first kappa shape index (κ1) is 11.5. The fraction of sp³-hybridized carbons (Fsp3) is 0. The van der Waals surface area contributed by atoms with Crippen LogP contribution >= 0.6 is 11.6 Å². The van der Waals surface area contributed by atoms with E-state index in [4.69, 9.17) is 16.7 Å². The van der Waals surface area contributed by atoms with E-state index in [0.717, 1.165) is 0 Å². The molecule has 1 heterocycles. The SMILES string of the molecule is O=C(O)c1cc(Cl)cnc1-c1ccc(F)cc1. The molecule has 2 rings (SSSR count). The number of halogens is 2. The van der Waals surface area contributed by atoms with Crippen LogP contribution in [0, 0.1) is 5.82 Å². The van der Waals surface area contributed by atoms with E-state index in [0.29, 0.717) is 5.56 Å².